The van der Waals surface area contributed by atoms with E-state index in [1.54, 1.807) is 19.1 Å². The van der Waals surface area contributed by atoms with Gasteiger partial charge >= 0.3 is 6.09 Å². The van der Waals surface area contributed by atoms with Crippen molar-refractivity contribution in [1.82, 2.24) is 10.2 Å². The number of nitrogens with zero attached hydrogens (tertiary/aromatic N) is 3. The Hall–Kier alpha value is -2.26. The number of nitrogens with one attached hydrogen (secondary N) is 1. The van der Waals surface area contributed by atoms with Gasteiger partial charge in [-0.1, -0.05) is 23.2 Å². The molecule has 2 aliphatic rings. The molecule has 2 aliphatic heterocycles. The van der Waals surface area contributed by atoms with Gasteiger partial charge in [0.05, 0.1) is 24.3 Å². The maximum absolute atomic E-state index is 12.2. The molecule has 2 aromatic rings. The van der Waals surface area contributed by atoms with Gasteiger partial charge in [-0.2, -0.15) is 0 Å². The zero-order chi connectivity index (χ0) is 30.5. The summed E-state index contributed by atoms with van der Waals surface area (Å²) >= 11 is 12.4. The zero-order valence-electron chi connectivity index (χ0n) is 26.3. The number of rotatable bonds is 4. The average molecular weight is 646 g/mol. The summed E-state index contributed by atoms with van der Waals surface area (Å²) in [6.07, 6.45) is -0.251. The number of hydrogen-bond donors (Lipinski definition) is 1. The van der Waals surface area contributed by atoms with Crippen LogP contribution in [0.2, 0.25) is 10.0 Å². The van der Waals surface area contributed by atoms with Crippen molar-refractivity contribution in [3.8, 4) is 11.5 Å². The van der Waals surface area contributed by atoms with Crippen LogP contribution in [0.15, 0.2) is 24.3 Å². The van der Waals surface area contributed by atoms with Crippen LogP contribution in [0.5, 0.6) is 11.5 Å². The maximum Gasteiger partial charge on any atom is 0.410 e. The molecule has 1 N–H and O–H groups in total. The summed E-state index contributed by atoms with van der Waals surface area (Å²) in [7, 11) is 3.28. The molecule has 2 aromatic carbocycles. The number of methoxy groups -OCH3 is 2. The highest BCUT2D eigenvalue weighted by Gasteiger charge is 2.30. The van der Waals surface area contributed by atoms with E-state index in [1.165, 1.54) is 5.69 Å². The minimum Gasteiger partial charge on any atom is -0.495 e. The summed E-state index contributed by atoms with van der Waals surface area (Å²) in [5, 5.41) is 4.74. The first-order chi connectivity index (χ1) is 19.2. The van der Waals surface area contributed by atoms with Gasteiger partial charge in [-0.25, -0.2) is 4.79 Å². The topological polar surface area (TPSA) is 66.5 Å². The molecule has 0 saturated carbocycles. The third-order valence-electron chi connectivity index (χ3n) is 7.30. The Labute approximate surface area is 268 Å². The third-order valence-corrected chi connectivity index (χ3v) is 8.26. The molecule has 0 spiro atoms. The van der Waals surface area contributed by atoms with Crippen molar-refractivity contribution in [2.45, 2.75) is 66.2 Å². The summed E-state index contributed by atoms with van der Waals surface area (Å²) in [5.74, 6) is 1.43. The molecule has 11 heteroatoms. The molecule has 2 atom stereocenters. The average Bonchev–Trinajstić information content (AvgIpc) is 2.91. The monoisotopic (exact) mass is 644 g/mol. The molecule has 236 valence electrons. The van der Waals surface area contributed by atoms with Crippen molar-refractivity contribution in [2.75, 3.05) is 63.3 Å². The molecule has 0 unspecified atom stereocenters. The molecule has 1 amide bonds. The lowest BCUT2D eigenvalue weighted by Gasteiger charge is -2.41. The van der Waals surface area contributed by atoms with Crippen molar-refractivity contribution in [3.05, 3.63) is 45.4 Å². The van der Waals surface area contributed by atoms with Gasteiger partial charge in [-0.05, 0) is 71.7 Å². The first-order valence-electron chi connectivity index (χ1n) is 14.2. The van der Waals surface area contributed by atoms with Crippen LogP contribution in [0.25, 0.3) is 0 Å². The van der Waals surface area contributed by atoms with Gasteiger partial charge in [0.1, 0.15) is 17.1 Å². The van der Waals surface area contributed by atoms with E-state index >= 15 is 0 Å². The molecular formula is C31H47Cl3N4O4. The molecule has 2 heterocycles. The summed E-state index contributed by atoms with van der Waals surface area (Å²) in [5.41, 5.74) is 3.82. The highest BCUT2D eigenvalue weighted by atomic mass is 35.5. The van der Waals surface area contributed by atoms with Gasteiger partial charge in [0, 0.05) is 74.9 Å². The molecule has 42 heavy (non-hydrogen) atoms. The molecule has 2 saturated heterocycles. The summed E-state index contributed by atoms with van der Waals surface area (Å²) in [6.45, 7) is 19.0. The predicted molar refractivity (Wildman–Crippen MR) is 177 cm³/mol. The van der Waals surface area contributed by atoms with Gasteiger partial charge in [0.25, 0.3) is 0 Å². The maximum atomic E-state index is 12.2. The zero-order valence-corrected chi connectivity index (χ0v) is 28.7. The van der Waals surface area contributed by atoms with Crippen LogP contribution in [-0.4, -0.2) is 82.2 Å². The lowest BCUT2D eigenvalue weighted by atomic mass is 10.1. The minimum absolute atomic E-state index is 0. The van der Waals surface area contributed by atoms with E-state index in [2.05, 4.69) is 41.1 Å². The summed E-state index contributed by atoms with van der Waals surface area (Å²) in [4.78, 5) is 18.7. The Morgan fingerprint density at radius 3 is 1.79 bits per heavy atom. The van der Waals surface area contributed by atoms with E-state index in [4.69, 9.17) is 37.4 Å². The smallest absolute Gasteiger partial charge is 0.410 e. The molecule has 8 nitrogen and oxygen atoms in total. The van der Waals surface area contributed by atoms with E-state index in [0.717, 1.165) is 48.7 Å². The Morgan fingerprint density at radius 1 is 0.857 bits per heavy atom. The van der Waals surface area contributed by atoms with Gasteiger partial charge in [-0.3, -0.25) is 0 Å². The minimum atomic E-state index is -0.474. The molecule has 0 radical (unpaired) electrons. The van der Waals surface area contributed by atoms with Crippen LogP contribution in [0.4, 0.5) is 16.2 Å². The van der Waals surface area contributed by atoms with Crippen LogP contribution in [-0.2, 0) is 4.74 Å². The highest BCUT2D eigenvalue weighted by molar-refractivity contribution is 6.33. The number of carbonyl (C=O) groups excluding carboxylic acids is 1. The number of aryl methyl sites for hydroxylation is 2. The van der Waals surface area contributed by atoms with Crippen molar-refractivity contribution in [3.63, 3.8) is 0 Å². The normalized spacial score (nSPS) is 18.9. The van der Waals surface area contributed by atoms with Gasteiger partial charge in [0.2, 0.25) is 0 Å². The second-order valence-corrected chi connectivity index (χ2v) is 12.5. The molecular weight excluding hydrogens is 599 g/mol. The molecule has 2 fully saturated rings. The van der Waals surface area contributed by atoms with E-state index in [1.807, 2.05) is 46.8 Å². The van der Waals surface area contributed by atoms with Crippen LogP contribution in [0.1, 0.15) is 45.7 Å². The fourth-order valence-corrected chi connectivity index (χ4v) is 5.50. The number of piperazine rings is 2. The summed E-state index contributed by atoms with van der Waals surface area (Å²) in [6, 6.07) is 8.84. The van der Waals surface area contributed by atoms with E-state index in [9.17, 15) is 4.79 Å². The molecule has 4 rings (SSSR count). The molecule has 0 aromatic heterocycles. The number of anilines is 2. The number of halogens is 3. The predicted octanol–water partition coefficient (Wildman–Crippen LogP) is 6.98. The van der Waals surface area contributed by atoms with Crippen molar-refractivity contribution < 1.29 is 19.0 Å². The van der Waals surface area contributed by atoms with Crippen molar-refractivity contribution in [2.24, 2.45) is 0 Å². The van der Waals surface area contributed by atoms with Crippen LogP contribution in [0, 0.1) is 13.8 Å². The van der Waals surface area contributed by atoms with E-state index < -0.39 is 5.60 Å². The number of benzene rings is 2. The van der Waals surface area contributed by atoms with Crippen LogP contribution >= 0.6 is 35.6 Å². The van der Waals surface area contributed by atoms with Crippen molar-refractivity contribution in [1.29, 1.82) is 0 Å². The SMILES string of the molecule is COc1cc(N2CCN(C(=O)OC(C)(C)C)C[C@@H]2C)cc(C)c1Cl.COc1cc(N2CCNC[C@@H]2C)cc(C)c1Cl.Cl. The van der Waals surface area contributed by atoms with Crippen LogP contribution < -0.4 is 24.6 Å². The lowest BCUT2D eigenvalue weighted by molar-refractivity contribution is 0.0218. The second-order valence-electron chi connectivity index (χ2n) is 11.8. The molecule has 0 bridgehead atoms. The first-order valence-corrected chi connectivity index (χ1v) is 14.9. The first kappa shape index (κ1) is 35.9. The van der Waals surface area contributed by atoms with E-state index in [0.29, 0.717) is 34.9 Å². The fourth-order valence-electron chi connectivity index (χ4n) is 5.12. The Balaban J connectivity index is 0.000000302. The number of amides is 1. The van der Waals surface area contributed by atoms with E-state index in [-0.39, 0.29) is 24.5 Å². The highest BCUT2D eigenvalue weighted by Crippen LogP contribution is 2.35. The fraction of sp³-hybridized carbons (Fsp3) is 0.581. The number of carbonyl (C=O) groups is 1. The van der Waals surface area contributed by atoms with Crippen molar-refractivity contribution >= 4 is 53.1 Å². The van der Waals surface area contributed by atoms with Gasteiger partial charge in [-0.15, -0.1) is 12.4 Å². The third kappa shape index (κ3) is 9.12. The standard InChI is InChI=1S/C18H27ClN2O3.C13H19ClN2O.ClH/c1-12-9-14(10-15(23-6)16(12)19)21-8-7-20(11-13(21)2)17(22)24-18(3,4)5;1-9-6-11(7-12(17-3)13(9)14)16-5-4-15-8-10(16)2;/h9-10,13H,7-8,11H2,1-6H3;6-7,10,15H,4-5,8H2,1-3H3;1H/t13-;10-;/m00./s1. The van der Waals surface area contributed by atoms with Gasteiger partial charge < -0.3 is 34.2 Å². The van der Waals surface area contributed by atoms with Gasteiger partial charge in [0.15, 0.2) is 0 Å². The summed E-state index contributed by atoms with van der Waals surface area (Å²) < 4.78 is 16.2. The number of hydrogen-bond acceptors (Lipinski definition) is 7. The Morgan fingerprint density at radius 2 is 1.36 bits per heavy atom. The van der Waals surface area contributed by atoms with Crippen LogP contribution in [0.3, 0.4) is 0 Å². The second kappa shape index (κ2) is 15.5. The largest absolute Gasteiger partial charge is 0.495 e. The lowest BCUT2D eigenvalue weighted by Crippen LogP contribution is -2.54. The Bertz CT molecular complexity index is 1210. The quantitative estimate of drug-likeness (QED) is 0.385. The molecule has 0 aliphatic carbocycles. The Kier molecular flexibility index (Phi) is 13.2. The number of ether oxygens (including phenoxy) is 3.